The number of alkyl halides is 1. The first kappa shape index (κ1) is 18.7. The van der Waals surface area contributed by atoms with Crippen LogP contribution in [0.15, 0.2) is 18.2 Å². The van der Waals surface area contributed by atoms with Crippen molar-refractivity contribution in [2.45, 2.75) is 55.5 Å². The Morgan fingerprint density at radius 1 is 1.08 bits per heavy atom. The average Bonchev–Trinajstić information content (AvgIpc) is 2.58. The summed E-state index contributed by atoms with van der Waals surface area (Å²) in [6, 6.07) is 2.76. The third kappa shape index (κ3) is 3.31. The molecule has 1 aliphatic carbocycles. The van der Waals surface area contributed by atoms with Crippen LogP contribution in [0.5, 0.6) is 0 Å². The quantitative estimate of drug-likeness (QED) is 0.882. The van der Waals surface area contributed by atoms with E-state index < -0.39 is 32.6 Å². The molecule has 1 aromatic carbocycles. The normalized spacial score (nSPS) is 29.7. The van der Waals surface area contributed by atoms with Gasteiger partial charge in [0.2, 0.25) is 10.0 Å². The van der Waals surface area contributed by atoms with Gasteiger partial charge in [-0.15, -0.1) is 0 Å². The highest BCUT2D eigenvalue weighted by Crippen LogP contribution is 2.46. The van der Waals surface area contributed by atoms with Crippen molar-refractivity contribution in [3.05, 3.63) is 35.4 Å². The molecule has 0 spiro atoms. The van der Waals surface area contributed by atoms with Crippen LogP contribution in [0.2, 0.25) is 0 Å². The van der Waals surface area contributed by atoms with Gasteiger partial charge in [-0.1, -0.05) is 0 Å². The Balaban J connectivity index is 2.07. The minimum Gasteiger partial charge on any atom is -0.328 e. The summed E-state index contributed by atoms with van der Waals surface area (Å²) >= 11 is 0. The summed E-state index contributed by atoms with van der Waals surface area (Å²) < 4.78 is 68.2. The summed E-state index contributed by atoms with van der Waals surface area (Å²) in [5, 5.41) is 0. The van der Waals surface area contributed by atoms with E-state index in [0.717, 1.165) is 18.2 Å². The Hall–Kier alpha value is -1.12. The predicted molar refractivity (Wildman–Crippen MR) is 89.1 cm³/mol. The number of nitrogens with zero attached hydrogens (tertiary/aromatic N) is 1. The molecule has 1 heterocycles. The molecule has 1 saturated carbocycles. The van der Waals surface area contributed by atoms with Crippen molar-refractivity contribution in [3.63, 3.8) is 0 Å². The fourth-order valence-electron chi connectivity index (χ4n) is 3.93. The summed E-state index contributed by atoms with van der Waals surface area (Å²) in [6.07, 6.45) is 0.316. The molecule has 140 valence electrons. The third-order valence-electron chi connectivity index (χ3n) is 5.47. The van der Waals surface area contributed by atoms with Gasteiger partial charge in [-0.3, -0.25) is 0 Å². The Kier molecular flexibility index (Phi) is 5.14. The van der Waals surface area contributed by atoms with Crippen LogP contribution in [0.3, 0.4) is 0 Å². The number of hydrogen-bond acceptors (Lipinski definition) is 3. The lowest BCUT2D eigenvalue weighted by Gasteiger charge is -2.43. The number of hydrogen-bond donors (Lipinski definition) is 1. The third-order valence-corrected chi connectivity index (χ3v) is 8.14. The van der Waals surface area contributed by atoms with E-state index in [1.54, 1.807) is 0 Å². The Morgan fingerprint density at radius 2 is 1.68 bits per heavy atom. The topological polar surface area (TPSA) is 63.4 Å². The number of halogens is 3. The molecule has 0 amide bonds. The van der Waals surface area contributed by atoms with E-state index in [2.05, 4.69) is 0 Å². The predicted octanol–water partition coefficient (Wildman–Crippen LogP) is 2.83. The number of benzene rings is 1. The van der Waals surface area contributed by atoms with Gasteiger partial charge in [-0.05, 0) is 56.7 Å². The van der Waals surface area contributed by atoms with Gasteiger partial charge in [0.15, 0.2) is 0 Å². The fraction of sp³-hybridized carbons (Fsp3) is 0.647. The van der Waals surface area contributed by atoms with Crippen molar-refractivity contribution in [1.82, 2.24) is 4.31 Å². The molecular weight excluding hydrogens is 353 g/mol. The van der Waals surface area contributed by atoms with Crippen LogP contribution in [0.25, 0.3) is 0 Å². The second kappa shape index (κ2) is 6.89. The van der Waals surface area contributed by atoms with Gasteiger partial charge < -0.3 is 5.73 Å². The van der Waals surface area contributed by atoms with Crippen molar-refractivity contribution >= 4 is 10.0 Å². The van der Waals surface area contributed by atoms with E-state index in [1.807, 2.05) is 0 Å². The zero-order valence-corrected chi connectivity index (χ0v) is 14.7. The molecule has 2 fully saturated rings. The Labute approximate surface area is 146 Å². The minimum absolute atomic E-state index is 0.0637. The highest BCUT2D eigenvalue weighted by molar-refractivity contribution is 7.90. The fourth-order valence-corrected chi connectivity index (χ4v) is 6.30. The molecule has 2 aliphatic rings. The number of piperidine rings is 1. The number of rotatable bonds is 3. The first-order chi connectivity index (χ1) is 11.8. The van der Waals surface area contributed by atoms with Crippen molar-refractivity contribution in [2.75, 3.05) is 13.1 Å². The summed E-state index contributed by atoms with van der Waals surface area (Å²) in [5.41, 5.74) is 5.78. The first-order valence-electron chi connectivity index (χ1n) is 8.61. The van der Waals surface area contributed by atoms with Gasteiger partial charge in [-0.2, -0.15) is 0 Å². The molecule has 0 aromatic heterocycles. The first-order valence-corrected chi connectivity index (χ1v) is 10.1. The van der Waals surface area contributed by atoms with Crippen LogP contribution >= 0.6 is 0 Å². The second-order valence-corrected chi connectivity index (χ2v) is 9.28. The summed E-state index contributed by atoms with van der Waals surface area (Å²) in [7, 11) is -3.98. The lowest BCUT2D eigenvalue weighted by atomic mass is 9.81. The summed E-state index contributed by atoms with van der Waals surface area (Å²) in [5.74, 6) is -1.41. The van der Waals surface area contributed by atoms with Crippen molar-refractivity contribution in [3.8, 4) is 0 Å². The van der Waals surface area contributed by atoms with Crippen LogP contribution in [0.4, 0.5) is 13.2 Å². The highest BCUT2D eigenvalue weighted by Gasteiger charge is 2.52. The molecule has 3 rings (SSSR count). The van der Waals surface area contributed by atoms with E-state index in [4.69, 9.17) is 5.73 Å². The van der Waals surface area contributed by atoms with Gasteiger partial charge in [0.1, 0.15) is 22.6 Å². The van der Waals surface area contributed by atoms with Gasteiger partial charge in [-0.25, -0.2) is 25.9 Å². The van der Waals surface area contributed by atoms with Crippen molar-refractivity contribution < 1.29 is 21.6 Å². The second-order valence-electron chi connectivity index (χ2n) is 7.03. The largest absolute Gasteiger partial charge is 0.328 e. The zero-order valence-electron chi connectivity index (χ0n) is 13.9. The van der Waals surface area contributed by atoms with Crippen LogP contribution < -0.4 is 5.73 Å². The lowest BCUT2D eigenvalue weighted by molar-refractivity contribution is 0.203. The maximum absolute atomic E-state index is 14.5. The number of nitrogens with two attached hydrogens (primary N) is 1. The summed E-state index contributed by atoms with van der Waals surface area (Å²) in [6.45, 7) is 0.127. The van der Waals surface area contributed by atoms with E-state index in [1.165, 1.54) is 4.31 Å². The molecule has 1 aliphatic heterocycles. The van der Waals surface area contributed by atoms with Gasteiger partial charge in [0.05, 0.1) is 0 Å². The average molecular weight is 376 g/mol. The van der Waals surface area contributed by atoms with Crippen LogP contribution in [0, 0.1) is 11.6 Å². The van der Waals surface area contributed by atoms with Crippen LogP contribution in [0.1, 0.15) is 44.1 Å². The molecular formula is C17H23F3N2O2S. The molecule has 0 unspecified atom stereocenters. The maximum Gasteiger partial charge on any atom is 0.224 e. The highest BCUT2D eigenvalue weighted by atomic mass is 32.2. The number of sulfonamides is 1. The molecule has 2 N–H and O–H groups in total. The minimum atomic E-state index is -3.98. The lowest BCUT2D eigenvalue weighted by Crippen LogP contribution is -2.52. The molecule has 0 bridgehead atoms. The standard InChI is InChI=1S/C17H23F3N2O2S/c18-12-5-9-22(10-6-12)25(23,24)17(7-3-14(21)4-8-17)15-11-13(19)1-2-16(15)20/h1-2,11-12,14H,3-10,21H2. The monoisotopic (exact) mass is 376 g/mol. The summed E-state index contributed by atoms with van der Waals surface area (Å²) in [4.78, 5) is 0. The van der Waals surface area contributed by atoms with Crippen molar-refractivity contribution in [2.24, 2.45) is 5.73 Å². The van der Waals surface area contributed by atoms with Crippen LogP contribution in [-0.2, 0) is 14.8 Å². The van der Waals surface area contributed by atoms with E-state index >= 15 is 0 Å². The zero-order chi connectivity index (χ0) is 18.2. The Morgan fingerprint density at radius 3 is 2.28 bits per heavy atom. The molecule has 0 radical (unpaired) electrons. The van der Waals surface area contributed by atoms with E-state index in [9.17, 15) is 21.6 Å². The van der Waals surface area contributed by atoms with E-state index in [-0.39, 0.29) is 50.4 Å². The van der Waals surface area contributed by atoms with Crippen molar-refractivity contribution in [1.29, 1.82) is 0 Å². The van der Waals surface area contributed by atoms with Gasteiger partial charge in [0.25, 0.3) is 0 Å². The molecule has 0 atom stereocenters. The molecule has 8 heteroatoms. The van der Waals surface area contributed by atoms with Crippen LogP contribution in [-0.4, -0.2) is 38.0 Å². The molecule has 1 aromatic rings. The van der Waals surface area contributed by atoms with Gasteiger partial charge in [0, 0.05) is 24.7 Å². The Bertz CT molecular complexity index is 725. The van der Waals surface area contributed by atoms with E-state index in [0.29, 0.717) is 12.8 Å². The SMILES string of the molecule is NC1CCC(c2cc(F)ccc2F)(S(=O)(=O)N2CCC(F)CC2)CC1. The molecule has 1 saturated heterocycles. The smallest absolute Gasteiger partial charge is 0.224 e. The molecule has 25 heavy (non-hydrogen) atoms. The molecule has 4 nitrogen and oxygen atoms in total. The van der Waals surface area contributed by atoms with Gasteiger partial charge >= 0.3 is 0 Å². The maximum atomic E-state index is 14.5.